The molecule has 1 saturated carbocycles. The van der Waals surface area contributed by atoms with Crippen LogP contribution in [0.5, 0.6) is 0 Å². The van der Waals surface area contributed by atoms with E-state index in [1.807, 2.05) is 11.8 Å². The number of amides is 1. The molecule has 2 N–H and O–H groups in total. The number of benzene rings is 1. The minimum absolute atomic E-state index is 0. The van der Waals surface area contributed by atoms with Gasteiger partial charge in [0.25, 0.3) is 0 Å². The summed E-state index contributed by atoms with van der Waals surface area (Å²) >= 11 is 1.98. The van der Waals surface area contributed by atoms with Gasteiger partial charge in [-0.2, -0.15) is 0 Å². The standard InChI is InChI=1S/C21H32N4OS.HI/c1-3-23-20(25-13-9-17(10-14-25)15-19(26)22-2)24-16-21(11-12-21)27-18-7-5-4-6-8-18;/h4-8,17H,3,9-16H2,1-2H3,(H,22,26)(H,23,24);1H. The molecule has 0 bridgehead atoms. The quantitative estimate of drug-likeness (QED) is 0.330. The maximum Gasteiger partial charge on any atom is 0.220 e. The number of piperidine rings is 1. The van der Waals surface area contributed by atoms with Gasteiger partial charge in [-0.3, -0.25) is 9.79 Å². The number of thioether (sulfide) groups is 1. The van der Waals surface area contributed by atoms with Crippen LogP contribution in [0.1, 0.15) is 39.0 Å². The summed E-state index contributed by atoms with van der Waals surface area (Å²) in [6, 6.07) is 10.7. The Balaban J connectivity index is 0.00000280. The van der Waals surface area contributed by atoms with Gasteiger partial charge in [-0.25, -0.2) is 0 Å². The molecule has 28 heavy (non-hydrogen) atoms. The van der Waals surface area contributed by atoms with E-state index in [-0.39, 0.29) is 34.6 Å². The molecule has 0 aromatic heterocycles. The fourth-order valence-electron chi connectivity index (χ4n) is 3.53. The van der Waals surface area contributed by atoms with Crippen molar-refractivity contribution in [3.63, 3.8) is 0 Å². The molecule has 156 valence electrons. The highest BCUT2D eigenvalue weighted by molar-refractivity contribution is 14.0. The van der Waals surface area contributed by atoms with Crippen molar-refractivity contribution in [2.75, 3.05) is 33.2 Å². The molecule has 2 fully saturated rings. The molecule has 1 saturated heterocycles. The highest BCUT2D eigenvalue weighted by atomic mass is 127. The molecule has 3 rings (SSSR count). The Hall–Kier alpha value is -0.960. The van der Waals surface area contributed by atoms with Crippen LogP contribution in [-0.4, -0.2) is 54.7 Å². The average Bonchev–Trinajstić information content (AvgIpc) is 3.46. The van der Waals surface area contributed by atoms with E-state index >= 15 is 0 Å². The molecule has 1 aliphatic carbocycles. The number of hydrogen-bond acceptors (Lipinski definition) is 3. The highest BCUT2D eigenvalue weighted by Gasteiger charge is 2.43. The van der Waals surface area contributed by atoms with Gasteiger partial charge in [0.2, 0.25) is 5.91 Å². The first-order valence-electron chi connectivity index (χ1n) is 10.1. The second kappa shape index (κ2) is 11.3. The van der Waals surface area contributed by atoms with Crippen molar-refractivity contribution in [1.82, 2.24) is 15.5 Å². The van der Waals surface area contributed by atoms with Crippen LogP contribution in [-0.2, 0) is 4.79 Å². The van der Waals surface area contributed by atoms with Gasteiger partial charge in [0.15, 0.2) is 5.96 Å². The van der Waals surface area contributed by atoms with Gasteiger partial charge >= 0.3 is 0 Å². The van der Waals surface area contributed by atoms with Crippen molar-refractivity contribution in [2.24, 2.45) is 10.9 Å². The van der Waals surface area contributed by atoms with E-state index in [0.717, 1.165) is 45.0 Å². The lowest BCUT2D eigenvalue weighted by Crippen LogP contribution is -2.46. The van der Waals surface area contributed by atoms with Gasteiger partial charge in [0, 0.05) is 42.7 Å². The summed E-state index contributed by atoms with van der Waals surface area (Å²) in [5.74, 6) is 1.69. The van der Waals surface area contributed by atoms with Gasteiger partial charge in [0.1, 0.15) is 0 Å². The van der Waals surface area contributed by atoms with Crippen molar-refractivity contribution in [3.05, 3.63) is 30.3 Å². The Morgan fingerprint density at radius 3 is 2.50 bits per heavy atom. The summed E-state index contributed by atoms with van der Waals surface area (Å²) in [7, 11) is 1.72. The number of nitrogens with one attached hydrogen (secondary N) is 2. The summed E-state index contributed by atoms with van der Waals surface area (Å²) in [4.78, 5) is 20.3. The molecule has 0 radical (unpaired) electrons. The second-order valence-corrected chi connectivity index (χ2v) is 9.12. The number of carbonyl (C=O) groups excluding carboxylic acids is 1. The highest BCUT2D eigenvalue weighted by Crippen LogP contribution is 2.51. The molecular formula is C21H33IN4OS. The first kappa shape index (κ1) is 23.3. The molecule has 0 unspecified atom stereocenters. The summed E-state index contributed by atoms with van der Waals surface area (Å²) in [6.45, 7) is 5.83. The van der Waals surface area contributed by atoms with Crippen molar-refractivity contribution in [3.8, 4) is 0 Å². The molecule has 1 aliphatic heterocycles. The molecule has 1 aromatic carbocycles. The number of hydrogen-bond donors (Lipinski definition) is 2. The first-order chi connectivity index (χ1) is 13.1. The van der Waals surface area contributed by atoms with Gasteiger partial charge in [-0.15, -0.1) is 35.7 Å². The van der Waals surface area contributed by atoms with Gasteiger partial charge < -0.3 is 15.5 Å². The predicted octanol–water partition coefficient (Wildman–Crippen LogP) is 3.74. The third kappa shape index (κ3) is 6.83. The normalized spacial score (nSPS) is 18.9. The summed E-state index contributed by atoms with van der Waals surface area (Å²) in [5, 5.41) is 6.21. The largest absolute Gasteiger partial charge is 0.359 e. The van der Waals surface area contributed by atoms with E-state index < -0.39 is 0 Å². The molecular weight excluding hydrogens is 483 g/mol. The van der Waals surface area contributed by atoms with Crippen molar-refractivity contribution in [2.45, 2.75) is 48.7 Å². The van der Waals surface area contributed by atoms with Gasteiger partial charge in [0.05, 0.1) is 6.54 Å². The molecule has 1 aromatic rings. The van der Waals surface area contributed by atoms with Crippen molar-refractivity contribution >= 4 is 47.6 Å². The van der Waals surface area contributed by atoms with Crippen LogP contribution in [0.15, 0.2) is 40.2 Å². The van der Waals surface area contributed by atoms with Crippen LogP contribution in [0.4, 0.5) is 0 Å². The Bertz CT molecular complexity index is 643. The SMILES string of the molecule is CCNC(=NCC1(Sc2ccccc2)CC1)N1CCC(CC(=O)NC)CC1.I. The van der Waals surface area contributed by atoms with Crippen LogP contribution < -0.4 is 10.6 Å². The van der Waals surface area contributed by atoms with Crippen LogP contribution >= 0.6 is 35.7 Å². The van der Waals surface area contributed by atoms with Crippen molar-refractivity contribution < 1.29 is 4.79 Å². The zero-order valence-corrected chi connectivity index (χ0v) is 20.1. The molecule has 0 atom stereocenters. The number of halogens is 1. The monoisotopic (exact) mass is 516 g/mol. The smallest absolute Gasteiger partial charge is 0.220 e. The number of rotatable bonds is 7. The molecule has 7 heteroatoms. The van der Waals surface area contributed by atoms with Crippen LogP contribution in [0.2, 0.25) is 0 Å². The Morgan fingerprint density at radius 1 is 1.25 bits per heavy atom. The van der Waals surface area contributed by atoms with E-state index in [4.69, 9.17) is 4.99 Å². The average molecular weight is 516 g/mol. The maximum atomic E-state index is 11.6. The Kier molecular flexibility index (Phi) is 9.40. The Morgan fingerprint density at radius 2 is 1.93 bits per heavy atom. The van der Waals surface area contributed by atoms with E-state index in [1.165, 1.54) is 17.7 Å². The lowest BCUT2D eigenvalue weighted by molar-refractivity contribution is -0.121. The second-order valence-electron chi connectivity index (χ2n) is 7.58. The summed E-state index contributed by atoms with van der Waals surface area (Å²) in [6.07, 6.45) is 5.24. The number of likely N-dealkylation sites (tertiary alicyclic amines) is 1. The topological polar surface area (TPSA) is 56.7 Å². The molecule has 0 spiro atoms. The number of guanidine groups is 1. The van der Waals surface area contributed by atoms with Crippen LogP contribution in [0, 0.1) is 5.92 Å². The Labute approximate surface area is 190 Å². The van der Waals surface area contributed by atoms with Crippen LogP contribution in [0.25, 0.3) is 0 Å². The van der Waals surface area contributed by atoms with Crippen molar-refractivity contribution in [1.29, 1.82) is 0 Å². The third-order valence-corrected chi connectivity index (χ3v) is 6.88. The fourth-order valence-corrected chi connectivity index (χ4v) is 4.76. The number of aliphatic imine (C=N–C) groups is 1. The molecule has 5 nitrogen and oxygen atoms in total. The molecule has 1 heterocycles. The lowest BCUT2D eigenvalue weighted by Gasteiger charge is -2.34. The number of nitrogens with zero attached hydrogens (tertiary/aromatic N) is 2. The maximum absolute atomic E-state index is 11.6. The molecule has 1 amide bonds. The third-order valence-electron chi connectivity index (χ3n) is 5.40. The summed E-state index contributed by atoms with van der Waals surface area (Å²) < 4.78 is 0.277. The predicted molar refractivity (Wildman–Crippen MR) is 129 cm³/mol. The summed E-state index contributed by atoms with van der Waals surface area (Å²) in [5.41, 5.74) is 0. The minimum atomic E-state index is 0. The van der Waals surface area contributed by atoms with E-state index in [1.54, 1.807) is 7.05 Å². The lowest BCUT2D eigenvalue weighted by atomic mass is 9.93. The zero-order chi connectivity index (χ0) is 19.1. The first-order valence-corrected chi connectivity index (χ1v) is 10.9. The zero-order valence-electron chi connectivity index (χ0n) is 16.9. The van der Waals surface area contributed by atoms with Gasteiger partial charge in [-0.05, 0) is 50.7 Å². The van der Waals surface area contributed by atoms with E-state index in [9.17, 15) is 4.79 Å². The van der Waals surface area contributed by atoms with E-state index in [2.05, 4.69) is 52.8 Å². The fraction of sp³-hybridized carbons (Fsp3) is 0.619. The van der Waals surface area contributed by atoms with E-state index in [0.29, 0.717) is 12.3 Å². The molecule has 2 aliphatic rings. The minimum Gasteiger partial charge on any atom is -0.359 e. The number of carbonyl (C=O) groups is 1. The van der Waals surface area contributed by atoms with Crippen LogP contribution in [0.3, 0.4) is 0 Å². The van der Waals surface area contributed by atoms with Gasteiger partial charge in [-0.1, -0.05) is 18.2 Å².